The summed E-state index contributed by atoms with van der Waals surface area (Å²) in [5, 5.41) is 13.3. The van der Waals surface area contributed by atoms with Crippen LogP contribution in [0.25, 0.3) is 0 Å². The number of benzene rings is 2. The molecule has 172 valence electrons. The van der Waals surface area contributed by atoms with E-state index in [1.165, 1.54) is 67.6 Å². The zero-order valence-corrected chi connectivity index (χ0v) is 19.2. The van der Waals surface area contributed by atoms with Crippen molar-refractivity contribution in [3.63, 3.8) is 0 Å². The molecule has 3 aromatic rings. The maximum absolute atomic E-state index is 12.3. The van der Waals surface area contributed by atoms with Gasteiger partial charge in [0.1, 0.15) is 4.21 Å². The van der Waals surface area contributed by atoms with Gasteiger partial charge in [0, 0.05) is 23.5 Å². The highest BCUT2D eigenvalue weighted by atomic mass is 35.5. The number of carbonyl (C=O) groups is 2. The first kappa shape index (κ1) is 24.2. The van der Waals surface area contributed by atoms with Crippen LogP contribution < -0.4 is 10.0 Å². The Balaban J connectivity index is 1.60. The number of non-ortho nitro benzene ring substituents is 1. The number of nitrogens with zero attached hydrogens (tertiary/aromatic N) is 1. The maximum atomic E-state index is 12.3. The van der Waals surface area contributed by atoms with Crippen molar-refractivity contribution in [3.8, 4) is 0 Å². The molecule has 1 unspecified atom stereocenters. The molecule has 2 aromatic carbocycles. The van der Waals surface area contributed by atoms with Gasteiger partial charge in [-0.15, -0.1) is 11.3 Å². The van der Waals surface area contributed by atoms with Crippen molar-refractivity contribution < 1.29 is 27.7 Å². The highest BCUT2D eigenvalue weighted by molar-refractivity contribution is 7.94. The van der Waals surface area contributed by atoms with Gasteiger partial charge in [0.25, 0.3) is 21.6 Å². The van der Waals surface area contributed by atoms with Gasteiger partial charge >= 0.3 is 5.97 Å². The van der Waals surface area contributed by atoms with Crippen LogP contribution in [0.5, 0.6) is 0 Å². The number of esters is 1. The van der Waals surface area contributed by atoms with Crippen LogP contribution in [0.1, 0.15) is 17.3 Å². The fourth-order valence-electron chi connectivity index (χ4n) is 2.55. The first-order valence-electron chi connectivity index (χ1n) is 9.20. The summed E-state index contributed by atoms with van der Waals surface area (Å²) in [5.41, 5.74) is 0.288. The number of rotatable bonds is 8. The standard InChI is InChI=1S/C20H16ClN3O7S2/c1-12(19(25)22-15-3-2-4-16(11-15)24(27)28)31-20(26)13-5-7-14(8-6-13)23-33(29,30)18-10-9-17(21)32-18/h2-12,23H,1H3,(H,22,25). The van der Waals surface area contributed by atoms with Crippen molar-refractivity contribution in [2.45, 2.75) is 17.2 Å². The van der Waals surface area contributed by atoms with Crippen LogP contribution in [-0.4, -0.2) is 31.3 Å². The number of nitro groups is 1. The first-order valence-corrected chi connectivity index (χ1v) is 11.9. The molecule has 0 aliphatic heterocycles. The zero-order valence-electron chi connectivity index (χ0n) is 16.9. The number of sulfonamides is 1. The molecule has 10 nitrogen and oxygen atoms in total. The Bertz CT molecular complexity index is 1310. The van der Waals surface area contributed by atoms with E-state index in [1.807, 2.05) is 0 Å². The van der Waals surface area contributed by atoms with E-state index in [1.54, 1.807) is 0 Å². The van der Waals surface area contributed by atoms with E-state index in [2.05, 4.69) is 10.0 Å². The Morgan fingerprint density at radius 1 is 1.09 bits per heavy atom. The molecule has 2 N–H and O–H groups in total. The van der Waals surface area contributed by atoms with Crippen LogP contribution >= 0.6 is 22.9 Å². The summed E-state index contributed by atoms with van der Waals surface area (Å²) in [6.07, 6.45) is -1.20. The minimum atomic E-state index is -3.82. The number of nitrogens with one attached hydrogen (secondary N) is 2. The van der Waals surface area contributed by atoms with E-state index >= 15 is 0 Å². The molecule has 0 radical (unpaired) electrons. The van der Waals surface area contributed by atoms with Crippen molar-refractivity contribution in [1.82, 2.24) is 0 Å². The van der Waals surface area contributed by atoms with Crippen LogP contribution in [0, 0.1) is 10.1 Å². The minimum absolute atomic E-state index is 0.0413. The highest BCUT2D eigenvalue weighted by Gasteiger charge is 2.21. The van der Waals surface area contributed by atoms with Gasteiger partial charge in [0.2, 0.25) is 0 Å². The Labute approximate surface area is 197 Å². The molecular weight excluding hydrogens is 494 g/mol. The lowest BCUT2D eigenvalue weighted by atomic mass is 10.2. The third-order valence-corrected chi connectivity index (χ3v) is 7.27. The van der Waals surface area contributed by atoms with E-state index in [9.17, 15) is 28.1 Å². The number of carbonyl (C=O) groups excluding carboxylic acids is 2. The number of anilines is 2. The average molecular weight is 510 g/mol. The molecule has 0 fully saturated rings. The maximum Gasteiger partial charge on any atom is 0.338 e. The van der Waals surface area contributed by atoms with Gasteiger partial charge in [-0.25, -0.2) is 13.2 Å². The summed E-state index contributed by atoms with van der Waals surface area (Å²) in [6.45, 7) is 1.35. The van der Waals surface area contributed by atoms with Crippen LogP contribution in [0.2, 0.25) is 4.34 Å². The van der Waals surface area contributed by atoms with Crippen LogP contribution in [0.4, 0.5) is 17.1 Å². The molecule has 1 aromatic heterocycles. The summed E-state index contributed by atoms with van der Waals surface area (Å²) in [4.78, 5) is 34.8. The van der Waals surface area contributed by atoms with Gasteiger partial charge in [0.15, 0.2) is 6.10 Å². The van der Waals surface area contributed by atoms with E-state index in [4.69, 9.17) is 16.3 Å². The second-order valence-electron chi connectivity index (χ2n) is 6.59. The molecule has 0 saturated heterocycles. The van der Waals surface area contributed by atoms with Crippen molar-refractivity contribution in [2.75, 3.05) is 10.0 Å². The SMILES string of the molecule is CC(OC(=O)c1ccc(NS(=O)(=O)c2ccc(Cl)s2)cc1)C(=O)Nc1cccc([N+](=O)[O-])c1. The summed E-state index contributed by atoms with van der Waals surface area (Å²) >= 11 is 6.68. The van der Waals surface area contributed by atoms with Crippen molar-refractivity contribution in [2.24, 2.45) is 0 Å². The smallest absolute Gasteiger partial charge is 0.338 e. The van der Waals surface area contributed by atoms with Crippen molar-refractivity contribution in [1.29, 1.82) is 0 Å². The summed E-state index contributed by atoms with van der Waals surface area (Å²) < 4.78 is 32.5. The first-order chi connectivity index (χ1) is 15.5. The van der Waals surface area contributed by atoms with E-state index in [0.29, 0.717) is 4.34 Å². The number of nitro benzene ring substituents is 1. The predicted molar refractivity (Wildman–Crippen MR) is 123 cm³/mol. The molecule has 1 heterocycles. The molecule has 0 spiro atoms. The number of thiophene rings is 1. The molecule has 33 heavy (non-hydrogen) atoms. The van der Waals surface area contributed by atoms with E-state index < -0.39 is 32.9 Å². The molecule has 0 aliphatic carbocycles. The third-order valence-electron chi connectivity index (χ3n) is 4.16. The second-order valence-corrected chi connectivity index (χ2v) is 10.2. The summed E-state index contributed by atoms with van der Waals surface area (Å²) in [7, 11) is -3.82. The molecule has 3 rings (SSSR count). The Morgan fingerprint density at radius 2 is 1.79 bits per heavy atom. The van der Waals surface area contributed by atoms with Gasteiger partial charge < -0.3 is 10.1 Å². The topological polar surface area (TPSA) is 145 Å². The van der Waals surface area contributed by atoms with Gasteiger partial charge in [-0.3, -0.25) is 19.6 Å². The fourth-order valence-corrected chi connectivity index (χ4v) is 5.09. The highest BCUT2D eigenvalue weighted by Crippen LogP contribution is 2.27. The molecule has 13 heteroatoms. The molecule has 0 saturated carbocycles. The number of hydrogen-bond donors (Lipinski definition) is 2. The number of amides is 1. The monoisotopic (exact) mass is 509 g/mol. The zero-order chi connectivity index (χ0) is 24.2. The fraction of sp³-hybridized carbons (Fsp3) is 0.100. The lowest BCUT2D eigenvalue weighted by molar-refractivity contribution is -0.384. The van der Waals surface area contributed by atoms with Gasteiger partial charge in [-0.2, -0.15) is 0 Å². The average Bonchev–Trinajstić information content (AvgIpc) is 3.21. The Kier molecular flexibility index (Phi) is 7.31. The third kappa shape index (κ3) is 6.28. The lowest BCUT2D eigenvalue weighted by Gasteiger charge is -2.14. The van der Waals surface area contributed by atoms with E-state index in [-0.39, 0.29) is 26.8 Å². The van der Waals surface area contributed by atoms with Crippen LogP contribution in [0.15, 0.2) is 64.9 Å². The molecule has 1 amide bonds. The molecule has 0 bridgehead atoms. The largest absolute Gasteiger partial charge is 0.449 e. The van der Waals surface area contributed by atoms with Gasteiger partial charge in [0.05, 0.1) is 14.8 Å². The predicted octanol–water partition coefficient (Wildman–Crippen LogP) is 4.29. The Hall–Kier alpha value is -3.48. The van der Waals surface area contributed by atoms with Crippen LogP contribution in [0.3, 0.4) is 0 Å². The van der Waals surface area contributed by atoms with Gasteiger partial charge in [-0.1, -0.05) is 17.7 Å². The van der Waals surface area contributed by atoms with E-state index in [0.717, 1.165) is 11.3 Å². The molecular formula is C20H16ClN3O7S2. The van der Waals surface area contributed by atoms with Crippen molar-refractivity contribution in [3.05, 3.63) is 80.7 Å². The van der Waals surface area contributed by atoms with Crippen molar-refractivity contribution >= 4 is 61.9 Å². The number of ether oxygens (including phenoxy) is 1. The Morgan fingerprint density at radius 3 is 2.39 bits per heavy atom. The van der Waals surface area contributed by atoms with Gasteiger partial charge in [-0.05, 0) is 49.4 Å². The molecule has 0 aliphatic rings. The quantitative estimate of drug-likeness (QED) is 0.261. The normalized spacial score (nSPS) is 11.9. The summed E-state index contributed by atoms with van der Waals surface area (Å²) in [6, 6.07) is 13.6. The van der Waals surface area contributed by atoms with Crippen LogP contribution in [-0.2, 0) is 19.6 Å². The number of hydrogen-bond acceptors (Lipinski definition) is 8. The minimum Gasteiger partial charge on any atom is -0.449 e. The summed E-state index contributed by atoms with van der Waals surface area (Å²) in [5.74, 6) is -1.49. The lowest BCUT2D eigenvalue weighted by Crippen LogP contribution is -2.30. The molecule has 1 atom stereocenters. The number of halogens is 1. The second kappa shape index (κ2) is 9.98.